The van der Waals surface area contributed by atoms with E-state index in [2.05, 4.69) is 71.6 Å². The van der Waals surface area contributed by atoms with E-state index in [0.717, 1.165) is 72.7 Å². The highest BCUT2D eigenvalue weighted by Gasteiger charge is 2.20. The smallest absolute Gasteiger partial charge is 0.251 e. The van der Waals surface area contributed by atoms with E-state index in [-0.39, 0.29) is 17.6 Å². The fraction of sp³-hybridized carbons (Fsp3) is 0.419. The Morgan fingerprint density at radius 2 is 1.74 bits per heavy atom. The summed E-state index contributed by atoms with van der Waals surface area (Å²) in [5.41, 5.74) is 5.64. The van der Waals surface area contributed by atoms with Gasteiger partial charge in [0.25, 0.3) is 5.91 Å². The van der Waals surface area contributed by atoms with Crippen molar-refractivity contribution in [3.05, 3.63) is 96.1 Å². The van der Waals surface area contributed by atoms with Gasteiger partial charge in [0.2, 0.25) is 5.91 Å². The molecular formula is C43H55N5O5S. The van der Waals surface area contributed by atoms with Gasteiger partial charge in [0.05, 0.1) is 23.2 Å². The minimum Gasteiger partial charge on any atom is -0.491 e. The van der Waals surface area contributed by atoms with Crippen LogP contribution in [0.3, 0.4) is 0 Å². The first kappa shape index (κ1) is 40.4. The largest absolute Gasteiger partial charge is 0.491 e. The third-order valence-corrected chi connectivity index (χ3v) is 10.6. The van der Waals surface area contributed by atoms with Crippen molar-refractivity contribution in [2.45, 2.75) is 76.5 Å². The van der Waals surface area contributed by atoms with Gasteiger partial charge < -0.3 is 29.6 Å². The van der Waals surface area contributed by atoms with Crippen LogP contribution in [0.1, 0.15) is 70.7 Å². The lowest BCUT2D eigenvalue weighted by Gasteiger charge is -2.30. The molecule has 1 aliphatic rings. The van der Waals surface area contributed by atoms with Crippen molar-refractivity contribution >= 4 is 40.1 Å². The van der Waals surface area contributed by atoms with E-state index in [1.807, 2.05) is 29.0 Å². The molecule has 0 radical (unpaired) electrons. The van der Waals surface area contributed by atoms with E-state index in [1.165, 1.54) is 0 Å². The summed E-state index contributed by atoms with van der Waals surface area (Å²) < 4.78 is 26.7. The molecule has 1 aliphatic heterocycles. The van der Waals surface area contributed by atoms with Crippen LogP contribution in [0.2, 0.25) is 0 Å². The number of hydrogen-bond donors (Lipinski definition) is 2. The number of nitrogens with one attached hydrogen (secondary N) is 2. The minimum absolute atomic E-state index is 0.00565. The molecule has 2 N–H and O–H groups in total. The van der Waals surface area contributed by atoms with Crippen molar-refractivity contribution in [1.29, 1.82) is 0 Å². The number of anilines is 2. The fourth-order valence-electron chi connectivity index (χ4n) is 6.42. The van der Waals surface area contributed by atoms with Gasteiger partial charge in [-0.3, -0.25) is 13.8 Å². The van der Waals surface area contributed by atoms with Crippen molar-refractivity contribution in [3.63, 3.8) is 0 Å². The zero-order valence-corrected chi connectivity index (χ0v) is 33.0. The molecule has 2 heterocycles. The van der Waals surface area contributed by atoms with Gasteiger partial charge in [-0.1, -0.05) is 45.4 Å². The average Bonchev–Trinajstić information content (AvgIpc) is 3.61. The van der Waals surface area contributed by atoms with Crippen molar-refractivity contribution < 1.29 is 23.3 Å². The van der Waals surface area contributed by atoms with Crippen LogP contribution in [0.25, 0.3) is 17.2 Å². The molecule has 1 atom stereocenters. The number of hydrogen-bond acceptors (Lipinski definition) is 7. The third kappa shape index (κ3) is 11.9. The van der Waals surface area contributed by atoms with Gasteiger partial charge in [0.15, 0.2) is 0 Å². The molecule has 0 bridgehead atoms. The molecule has 11 heteroatoms. The Balaban J connectivity index is 1.26. The summed E-state index contributed by atoms with van der Waals surface area (Å²) in [6.45, 7) is 10.9. The maximum absolute atomic E-state index is 13.8. The second-order valence-corrected chi connectivity index (χ2v) is 15.5. The van der Waals surface area contributed by atoms with Crippen LogP contribution in [0.5, 0.6) is 5.75 Å². The lowest BCUT2D eigenvalue weighted by Crippen LogP contribution is -2.30. The fourth-order valence-corrected chi connectivity index (χ4v) is 7.50. The minimum atomic E-state index is -1.33. The van der Waals surface area contributed by atoms with Gasteiger partial charge in [-0.05, 0) is 103 Å². The first-order chi connectivity index (χ1) is 26.2. The number of aromatic nitrogens is 2. The second-order valence-electron chi connectivity index (χ2n) is 14.0. The topological polar surface area (TPSA) is 115 Å². The number of benzene rings is 3. The van der Waals surface area contributed by atoms with E-state index in [4.69, 9.17) is 9.47 Å². The summed E-state index contributed by atoms with van der Waals surface area (Å²) in [5.74, 6) is 2.12. The molecule has 4 aromatic rings. The number of ether oxygens (including phenoxy) is 2. The Morgan fingerprint density at radius 3 is 2.48 bits per heavy atom. The molecule has 0 saturated heterocycles. The third-order valence-electron chi connectivity index (χ3n) is 9.29. The van der Waals surface area contributed by atoms with Crippen molar-refractivity contribution in [1.82, 2.24) is 14.9 Å². The van der Waals surface area contributed by atoms with Crippen molar-refractivity contribution in [3.8, 4) is 16.9 Å². The summed E-state index contributed by atoms with van der Waals surface area (Å²) in [5, 5.41) is 5.72. The molecule has 5 rings (SSSR count). The van der Waals surface area contributed by atoms with E-state index in [9.17, 15) is 13.8 Å². The number of carbonyl (C=O) groups excluding carboxylic acids is 2. The normalized spacial score (nSPS) is 13.4. The van der Waals surface area contributed by atoms with Crippen molar-refractivity contribution in [2.75, 3.05) is 50.2 Å². The summed E-state index contributed by atoms with van der Waals surface area (Å²) in [6, 6.07) is 21.8. The quantitative estimate of drug-likeness (QED) is 0.0938. The SMILES string of the molecule is CCCCOCCOc1ccc(-c2ccc3c(c2)C=C(C(=O)Nc2ccc(S(=O)Cc4nccn4CCCC(=O)NC)cc2)CCCN3CC(C)C)cc1. The van der Waals surface area contributed by atoms with Gasteiger partial charge in [0.1, 0.15) is 18.2 Å². The summed E-state index contributed by atoms with van der Waals surface area (Å²) in [6.07, 6.45) is 10.4. The van der Waals surface area contributed by atoms with Gasteiger partial charge in [-0.25, -0.2) is 4.98 Å². The Labute approximate surface area is 322 Å². The number of nitrogens with zero attached hydrogens (tertiary/aromatic N) is 3. The number of carbonyl (C=O) groups is 2. The summed E-state index contributed by atoms with van der Waals surface area (Å²) in [4.78, 5) is 32.8. The number of rotatable bonds is 19. The van der Waals surface area contributed by atoms with E-state index in [0.29, 0.717) is 61.3 Å². The standard InChI is InChI=1S/C43H55N5O5S/c1-5-6-25-52-26-27-53-38-16-11-33(12-17-38)34-13-20-40-36(28-34)29-35(9-7-23-48(40)30-32(2)3)43(50)46-37-14-18-39(19-15-37)54(51)31-41-45-21-24-47(41)22-8-10-42(49)44-4/h11-21,24,28-29,32H,5-10,22-23,25-27,30-31H2,1-4H3,(H,44,49)(H,46,50). The number of unbranched alkanes of at least 4 members (excludes halogenated alkanes) is 1. The van der Waals surface area contributed by atoms with Crippen LogP contribution >= 0.6 is 0 Å². The molecule has 0 saturated carbocycles. The average molecular weight is 754 g/mol. The van der Waals surface area contributed by atoms with Crippen LogP contribution in [0, 0.1) is 5.92 Å². The maximum atomic E-state index is 13.8. The molecule has 10 nitrogen and oxygen atoms in total. The number of imidazole rings is 1. The molecule has 54 heavy (non-hydrogen) atoms. The first-order valence-corrected chi connectivity index (χ1v) is 20.5. The molecule has 288 valence electrons. The summed E-state index contributed by atoms with van der Waals surface area (Å²) >= 11 is 0. The van der Waals surface area contributed by atoms with E-state index in [1.54, 1.807) is 37.5 Å². The molecule has 1 aromatic heterocycles. The van der Waals surface area contributed by atoms with Gasteiger partial charge in [-0.2, -0.15) is 0 Å². The van der Waals surface area contributed by atoms with E-state index >= 15 is 0 Å². The highest BCUT2D eigenvalue weighted by Crippen LogP contribution is 2.33. The molecule has 2 amide bonds. The van der Waals surface area contributed by atoms with Crippen LogP contribution in [-0.4, -0.2) is 65.5 Å². The number of amides is 2. The lowest BCUT2D eigenvalue weighted by atomic mass is 9.96. The Kier molecular flexibility index (Phi) is 15.5. The predicted molar refractivity (Wildman–Crippen MR) is 218 cm³/mol. The first-order valence-electron chi connectivity index (χ1n) is 19.1. The van der Waals surface area contributed by atoms with Crippen LogP contribution in [-0.2, 0) is 37.4 Å². The van der Waals surface area contributed by atoms with E-state index < -0.39 is 10.8 Å². The Hall–Kier alpha value is -4.74. The zero-order valence-electron chi connectivity index (χ0n) is 32.1. The van der Waals surface area contributed by atoms with Gasteiger partial charge in [0, 0.05) is 73.9 Å². The van der Waals surface area contributed by atoms with Crippen LogP contribution < -0.4 is 20.3 Å². The molecule has 0 aliphatic carbocycles. The molecule has 0 fully saturated rings. The van der Waals surface area contributed by atoms with Crippen molar-refractivity contribution in [2.24, 2.45) is 5.92 Å². The molecular weight excluding hydrogens is 699 g/mol. The molecule has 0 spiro atoms. The van der Waals surface area contributed by atoms with Gasteiger partial charge in [-0.15, -0.1) is 0 Å². The zero-order chi connectivity index (χ0) is 38.3. The Bertz CT molecular complexity index is 1870. The van der Waals surface area contributed by atoms with Gasteiger partial charge >= 0.3 is 0 Å². The number of fused-ring (bicyclic) bond motifs is 1. The second kappa shape index (κ2) is 20.6. The van der Waals surface area contributed by atoms with Crippen LogP contribution in [0.15, 0.2) is 89.6 Å². The Morgan fingerprint density at radius 1 is 0.963 bits per heavy atom. The molecule has 1 unspecified atom stereocenters. The highest BCUT2D eigenvalue weighted by atomic mass is 32.2. The van der Waals surface area contributed by atoms with Crippen LogP contribution in [0.4, 0.5) is 11.4 Å². The monoisotopic (exact) mass is 753 g/mol. The summed E-state index contributed by atoms with van der Waals surface area (Å²) in [7, 11) is 0.299. The maximum Gasteiger partial charge on any atom is 0.251 e. The lowest BCUT2D eigenvalue weighted by molar-refractivity contribution is -0.120. The number of aryl methyl sites for hydroxylation is 1. The highest BCUT2D eigenvalue weighted by molar-refractivity contribution is 7.84. The molecule has 3 aromatic carbocycles. The predicted octanol–water partition coefficient (Wildman–Crippen LogP) is 7.86.